The van der Waals surface area contributed by atoms with Gasteiger partial charge in [-0.05, 0) is 97.7 Å². The molecule has 0 aromatic heterocycles. The lowest BCUT2D eigenvalue weighted by Gasteiger charge is -2.58. The summed E-state index contributed by atoms with van der Waals surface area (Å²) in [6, 6.07) is 0. The lowest BCUT2D eigenvalue weighted by molar-refractivity contribution is -0.0601. The minimum atomic E-state index is -1.11. The molecule has 0 radical (unpaired) electrons. The third kappa shape index (κ3) is 5.89. The molecule has 3 saturated carbocycles. The van der Waals surface area contributed by atoms with E-state index in [1.165, 1.54) is 82.6 Å². The Morgan fingerprint density at radius 2 is 1.81 bits per heavy atom. The molecule has 3 fully saturated rings. The van der Waals surface area contributed by atoms with Gasteiger partial charge >= 0.3 is 6.16 Å². The van der Waals surface area contributed by atoms with Crippen molar-refractivity contribution in [2.75, 3.05) is 5.33 Å². The van der Waals surface area contributed by atoms with Crippen LogP contribution in [0.5, 0.6) is 0 Å². The van der Waals surface area contributed by atoms with Crippen molar-refractivity contribution in [2.45, 2.75) is 130 Å². The molecule has 0 bridgehead atoms. The van der Waals surface area contributed by atoms with Gasteiger partial charge in [0.25, 0.3) is 0 Å². The number of ether oxygens (including phenoxy) is 1. The predicted octanol–water partition coefficient (Wildman–Crippen LogP) is 10.0. The highest BCUT2D eigenvalue weighted by atomic mass is 79.9. The maximum atomic E-state index is 11.1. The molecule has 0 heterocycles. The van der Waals surface area contributed by atoms with Gasteiger partial charge in [-0.3, -0.25) is 0 Å². The molecule has 4 aliphatic carbocycles. The molecule has 4 heteroatoms. The van der Waals surface area contributed by atoms with Gasteiger partial charge in [0.15, 0.2) is 0 Å². The van der Waals surface area contributed by atoms with Crippen LogP contribution in [0.2, 0.25) is 0 Å². The molecule has 206 valence electrons. The van der Waals surface area contributed by atoms with E-state index in [9.17, 15) is 4.79 Å². The topological polar surface area (TPSA) is 46.5 Å². The summed E-state index contributed by atoms with van der Waals surface area (Å²) < 4.78 is 5.20. The van der Waals surface area contributed by atoms with Crippen LogP contribution < -0.4 is 0 Å². The average molecular weight is 566 g/mol. The molecule has 9 atom stereocenters. The van der Waals surface area contributed by atoms with E-state index in [4.69, 9.17) is 9.84 Å². The second-order valence-corrected chi connectivity index (χ2v) is 14.6. The second kappa shape index (κ2) is 12.1. The van der Waals surface area contributed by atoms with Gasteiger partial charge in [-0.25, -0.2) is 4.79 Å². The van der Waals surface area contributed by atoms with Crippen molar-refractivity contribution in [2.24, 2.45) is 46.3 Å². The van der Waals surface area contributed by atoms with Gasteiger partial charge < -0.3 is 9.84 Å². The molecular weight excluding hydrogens is 512 g/mol. The van der Waals surface area contributed by atoms with E-state index < -0.39 is 6.16 Å². The van der Waals surface area contributed by atoms with E-state index in [0.717, 1.165) is 60.1 Å². The van der Waals surface area contributed by atoms with Crippen LogP contribution in [0.25, 0.3) is 0 Å². The van der Waals surface area contributed by atoms with E-state index in [-0.39, 0.29) is 11.5 Å². The molecular formula is C32H53BrO3. The smallest absolute Gasteiger partial charge is 0.450 e. The van der Waals surface area contributed by atoms with Crippen LogP contribution in [0.3, 0.4) is 0 Å². The highest BCUT2D eigenvalue weighted by Crippen LogP contribution is 2.67. The molecule has 0 saturated heterocycles. The molecule has 1 N–H and O–H groups in total. The van der Waals surface area contributed by atoms with Crippen LogP contribution in [-0.2, 0) is 4.74 Å². The highest BCUT2D eigenvalue weighted by Gasteiger charge is 2.59. The maximum Gasteiger partial charge on any atom is 0.506 e. The molecule has 0 aliphatic heterocycles. The molecule has 0 amide bonds. The summed E-state index contributed by atoms with van der Waals surface area (Å²) in [6.07, 6.45) is 20.7. The fraction of sp³-hybridized carbons (Fsp3) is 0.906. The SMILES string of the molecule is CC(CCCCCBr)CCC[C@@H](C)[C@H]1CC[C@H]2[C@@H]3CC=C4C[C@@H](OC(=O)O)CC[C@]4(C)[C@H]3CC[C@]12C. The summed E-state index contributed by atoms with van der Waals surface area (Å²) in [5.41, 5.74) is 2.29. The lowest BCUT2D eigenvalue weighted by atomic mass is 9.47. The summed E-state index contributed by atoms with van der Waals surface area (Å²) in [5.74, 6) is 5.11. The van der Waals surface area contributed by atoms with Crippen LogP contribution >= 0.6 is 15.9 Å². The van der Waals surface area contributed by atoms with Crippen molar-refractivity contribution in [3.63, 3.8) is 0 Å². The third-order valence-electron chi connectivity index (χ3n) is 11.8. The van der Waals surface area contributed by atoms with Crippen molar-refractivity contribution in [1.82, 2.24) is 0 Å². The summed E-state index contributed by atoms with van der Waals surface area (Å²) in [5, 5.41) is 10.3. The standard InChI is InChI=1S/C32H53BrO3/c1-22(9-6-5-7-20-33)10-8-11-23(2)27-14-15-28-26-13-12-24-21-25(36-30(34)35)16-18-31(24,3)29(26)17-19-32(27,28)4/h12,22-23,25-29H,5-11,13-21H2,1-4H3,(H,34,35)/t22?,23-,25+,26+,27-,28+,29+,31+,32-/m1/s1. The van der Waals surface area contributed by atoms with Crippen molar-refractivity contribution < 1.29 is 14.6 Å². The number of fused-ring (bicyclic) bond motifs is 5. The van der Waals surface area contributed by atoms with Gasteiger partial charge in [-0.2, -0.15) is 0 Å². The Balaban J connectivity index is 1.33. The highest BCUT2D eigenvalue weighted by molar-refractivity contribution is 9.09. The van der Waals surface area contributed by atoms with Gasteiger partial charge in [0.1, 0.15) is 6.10 Å². The molecule has 0 spiro atoms. The van der Waals surface area contributed by atoms with Crippen LogP contribution in [0, 0.1) is 46.3 Å². The minimum absolute atomic E-state index is 0.138. The molecule has 4 aliphatic rings. The molecule has 1 unspecified atom stereocenters. The maximum absolute atomic E-state index is 11.1. The fourth-order valence-corrected chi connectivity index (χ4v) is 10.1. The summed E-state index contributed by atoms with van der Waals surface area (Å²) >= 11 is 3.56. The van der Waals surface area contributed by atoms with Gasteiger partial charge in [0.05, 0.1) is 0 Å². The normalized spacial score (nSPS) is 39.4. The van der Waals surface area contributed by atoms with Crippen molar-refractivity contribution in [3.05, 3.63) is 11.6 Å². The Kier molecular flexibility index (Phi) is 9.60. The van der Waals surface area contributed by atoms with Crippen LogP contribution in [0.1, 0.15) is 124 Å². The third-order valence-corrected chi connectivity index (χ3v) is 12.3. The summed E-state index contributed by atoms with van der Waals surface area (Å²) in [4.78, 5) is 11.1. The van der Waals surface area contributed by atoms with Gasteiger partial charge in [-0.15, -0.1) is 0 Å². The quantitative estimate of drug-likeness (QED) is 0.117. The number of hydrogen-bond donors (Lipinski definition) is 1. The Morgan fingerprint density at radius 3 is 2.56 bits per heavy atom. The Morgan fingerprint density at radius 1 is 1.03 bits per heavy atom. The van der Waals surface area contributed by atoms with Gasteiger partial charge in [-0.1, -0.05) is 93.8 Å². The number of alkyl halides is 1. The number of halogens is 1. The van der Waals surface area contributed by atoms with E-state index in [1.807, 2.05) is 0 Å². The Bertz CT molecular complexity index is 779. The first kappa shape index (κ1) is 28.5. The number of carboxylic acid groups (broad SMARTS) is 1. The second-order valence-electron chi connectivity index (χ2n) is 13.8. The minimum Gasteiger partial charge on any atom is -0.450 e. The first-order valence-corrected chi connectivity index (χ1v) is 16.5. The summed E-state index contributed by atoms with van der Waals surface area (Å²) in [7, 11) is 0. The van der Waals surface area contributed by atoms with E-state index in [1.54, 1.807) is 0 Å². The zero-order chi connectivity index (χ0) is 25.9. The number of hydrogen-bond acceptors (Lipinski definition) is 2. The monoisotopic (exact) mass is 564 g/mol. The van der Waals surface area contributed by atoms with Crippen molar-refractivity contribution in [3.8, 4) is 0 Å². The molecule has 0 aromatic rings. The average Bonchev–Trinajstić information content (AvgIpc) is 3.19. The lowest BCUT2D eigenvalue weighted by Crippen LogP contribution is -2.51. The van der Waals surface area contributed by atoms with E-state index in [0.29, 0.717) is 5.41 Å². The number of carbonyl (C=O) groups is 1. The molecule has 0 aromatic carbocycles. The van der Waals surface area contributed by atoms with Crippen LogP contribution in [0.15, 0.2) is 11.6 Å². The first-order valence-electron chi connectivity index (χ1n) is 15.3. The number of unbranched alkanes of at least 4 members (excludes halogenated alkanes) is 2. The zero-order valence-corrected chi connectivity index (χ0v) is 25.2. The van der Waals surface area contributed by atoms with Gasteiger partial charge in [0.2, 0.25) is 0 Å². The van der Waals surface area contributed by atoms with E-state index >= 15 is 0 Å². The molecule has 36 heavy (non-hydrogen) atoms. The fourth-order valence-electron chi connectivity index (χ4n) is 9.74. The zero-order valence-electron chi connectivity index (χ0n) is 23.6. The van der Waals surface area contributed by atoms with Crippen molar-refractivity contribution in [1.29, 1.82) is 0 Å². The molecule has 4 rings (SSSR count). The predicted molar refractivity (Wildman–Crippen MR) is 153 cm³/mol. The van der Waals surface area contributed by atoms with Gasteiger partial charge in [0, 0.05) is 11.8 Å². The van der Waals surface area contributed by atoms with Crippen LogP contribution in [0.4, 0.5) is 4.79 Å². The van der Waals surface area contributed by atoms with Crippen molar-refractivity contribution >= 4 is 22.1 Å². The molecule has 3 nitrogen and oxygen atoms in total. The Hall–Kier alpha value is -0.510. The largest absolute Gasteiger partial charge is 0.506 e. The number of rotatable bonds is 11. The Labute approximate surface area is 229 Å². The number of allylic oxidation sites excluding steroid dienone is 1. The summed E-state index contributed by atoms with van der Waals surface area (Å²) in [6.45, 7) is 10.2. The van der Waals surface area contributed by atoms with E-state index in [2.05, 4.69) is 49.7 Å². The van der Waals surface area contributed by atoms with Crippen LogP contribution in [-0.4, -0.2) is 22.7 Å². The first-order chi connectivity index (χ1) is 17.2.